The van der Waals surface area contributed by atoms with Crippen LogP contribution in [0.25, 0.3) is 16.6 Å². The second kappa shape index (κ2) is 16.4. The Morgan fingerprint density at radius 1 is 1.02 bits per heavy atom. The van der Waals surface area contributed by atoms with E-state index < -0.39 is 28.7 Å². The van der Waals surface area contributed by atoms with Crippen LogP contribution in [-0.2, 0) is 9.47 Å². The van der Waals surface area contributed by atoms with Gasteiger partial charge in [-0.2, -0.15) is 10.4 Å². The van der Waals surface area contributed by atoms with Gasteiger partial charge >= 0.3 is 6.09 Å². The van der Waals surface area contributed by atoms with Crippen LogP contribution in [0.4, 0.5) is 19.4 Å². The zero-order valence-electron chi connectivity index (χ0n) is 31.1. The number of carbonyl (C=O) groups excluding carboxylic acids is 2. The van der Waals surface area contributed by atoms with Crippen molar-refractivity contribution in [2.45, 2.75) is 51.7 Å². The number of hydrogen-bond acceptors (Lipinski definition) is 10. The van der Waals surface area contributed by atoms with Crippen molar-refractivity contribution in [2.75, 3.05) is 70.5 Å². The third-order valence-electron chi connectivity index (χ3n) is 9.63. The fourth-order valence-electron chi connectivity index (χ4n) is 6.77. The highest BCUT2D eigenvalue weighted by molar-refractivity contribution is 5.95. The molecule has 0 atom stereocenters. The molecule has 286 valence electrons. The van der Waals surface area contributed by atoms with E-state index in [0.29, 0.717) is 88.7 Å². The van der Waals surface area contributed by atoms with Gasteiger partial charge in [-0.1, -0.05) is 0 Å². The van der Waals surface area contributed by atoms with Gasteiger partial charge in [0.15, 0.2) is 0 Å². The van der Waals surface area contributed by atoms with Crippen LogP contribution in [0.5, 0.6) is 5.75 Å². The second-order valence-electron chi connectivity index (χ2n) is 14.6. The van der Waals surface area contributed by atoms with Gasteiger partial charge in [-0.3, -0.25) is 9.69 Å². The number of hydrogen-bond donors (Lipinski definition) is 1. The number of piperazine rings is 1. The molecule has 5 heterocycles. The first-order chi connectivity index (χ1) is 25.9. The zero-order valence-corrected chi connectivity index (χ0v) is 31.1. The van der Waals surface area contributed by atoms with E-state index >= 15 is 0 Å². The maximum Gasteiger partial charge on any atom is 0.410 e. The molecule has 0 bridgehead atoms. The van der Waals surface area contributed by atoms with Crippen molar-refractivity contribution in [3.63, 3.8) is 0 Å². The molecule has 3 aromatic heterocycles. The number of nitriles is 1. The number of pyridine rings is 2. The van der Waals surface area contributed by atoms with Gasteiger partial charge in [-0.25, -0.2) is 23.1 Å². The van der Waals surface area contributed by atoms with Crippen LogP contribution < -0.4 is 15.0 Å². The van der Waals surface area contributed by atoms with E-state index in [0.717, 1.165) is 35.1 Å². The first kappa shape index (κ1) is 38.4. The number of nitrogens with zero attached hydrogens (tertiary/aromatic N) is 7. The molecule has 2 saturated heterocycles. The first-order valence-electron chi connectivity index (χ1n) is 18.2. The molecule has 0 aliphatic carbocycles. The number of fused-ring (bicyclic) bond motifs is 1. The normalized spacial score (nSPS) is 16.2. The lowest BCUT2D eigenvalue weighted by Crippen LogP contribution is -2.58. The lowest BCUT2D eigenvalue weighted by Gasteiger charge is -2.42. The molecule has 15 heteroatoms. The Bertz CT molecular complexity index is 1990. The number of ether oxygens (including phenoxy) is 3. The van der Waals surface area contributed by atoms with Gasteiger partial charge in [-0.05, 0) is 76.9 Å². The second-order valence-corrected chi connectivity index (χ2v) is 14.6. The van der Waals surface area contributed by atoms with Crippen LogP contribution >= 0.6 is 0 Å². The van der Waals surface area contributed by atoms with E-state index in [4.69, 9.17) is 19.2 Å². The molecule has 13 nitrogen and oxygen atoms in total. The molecule has 0 spiro atoms. The minimum Gasteiger partial charge on any atom is -0.492 e. The van der Waals surface area contributed by atoms with Gasteiger partial charge in [-0.15, -0.1) is 0 Å². The molecule has 4 aromatic rings. The molecule has 2 amide bonds. The number of halogens is 2. The maximum absolute atomic E-state index is 14.6. The highest BCUT2D eigenvalue weighted by Gasteiger charge is 2.38. The van der Waals surface area contributed by atoms with Crippen LogP contribution in [0.2, 0.25) is 0 Å². The van der Waals surface area contributed by atoms with Crippen molar-refractivity contribution in [3.05, 3.63) is 77.8 Å². The van der Waals surface area contributed by atoms with Gasteiger partial charge in [0.2, 0.25) is 0 Å². The minimum absolute atomic E-state index is 0.173. The molecule has 1 aromatic carbocycles. The van der Waals surface area contributed by atoms with Gasteiger partial charge in [0.1, 0.15) is 34.9 Å². The molecule has 0 unspecified atom stereocenters. The molecular formula is C39H46F2N8O5. The average molecular weight is 745 g/mol. The molecule has 1 N–H and O–H groups in total. The molecule has 54 heavy (non-hydrogen) atoms. The summed E-state index contributed by atoms with van der Waals surface area (Å²) in [6.45, 7) is 12.6. The highest BCUT2D eigenvalue weighted by Crippen LogP contribution is 2.33. The molecule has 0 radical (unpaired) electrons. The van der Waals surface area contributed by atoms with Gasteiger partial charge < -0.3 is 29.3 Å². The fourth-order valence-corrected chi connectivity index (χ4v) is 6.77. The van der Waals surface area contributed by atoms with Crippen LogP contribution in [0.15, 0.2) is 55.0 Å². The predicted molar refractivity (Wildman–Crippen MR) is 197 cm³/mol. The molecular weight excluding hydrogens is 698 g/mol. The van der Waals surface area contributed by atoms with E-state index in [9.17, 15) is 23.6 Å². The summed E-state index contributed by atoms with van der Waals surface area (Å²) in [7, 11) is 0. The van der Waals surface area contributed by atoms with Gasteiger partial charge in [0.05, 0.1) is 54.4 Å². The minimum atomic E-state index is -0.845. The van der Waals surface area contributed by atoms with E-state index in [1.165, 1.54) is 6.20 Å². The number of amides is 2. The Morgan fingerprint density at radius 2 is 1.78 bits per heavy atom. The van der Waals surface area contributed by atoms with Crippen LogP contribution in [0, 0.1) is 23.0 Å². The highest BCUT2D eigenvalue weighted by atomic mass is 19.1. The van der Waals surface area contributed by atoms with E-state index in [1.807, 2.05) is 45.9 Å². The first-order valence-corrected chi connectivity index (χ1v) is 18.2. The summed E-state index contributed by atoms with van der Waals surface area (Å²) in [6, 6.07) is 10.8. The Labute approximate surface area is 313 Å². The standard InChI is InChI=1S/C39H46F2N8O5/c1-5-53-30-21-31(35-28(22-42)24-44-49(35)25-30)27-6-9-34(43-23-27)47-12-10-39(11-13-47,45-36(50)32-20-29(40)7-8-33(32)41)26-52-19-18-46-14-16-48(17-15-46)37(51)54-38(2,3)4/h6-9,20-21,23-25H,5,10-19,26H2,1-4H3,(H,45,50). The summed E-state index contributed by atoms with van der Waals surface area (Å²) in [5.41, 5.74) is 0.888. The van der Waals surface area contributed by atoms with Crippen molar-refractivity contribution < 1.29 is 32.6 Å². The summed E-state index contributed by atoms with van der Waals surface area (Å²) in [6.07, 6.45) is 5.63. The topological polar surface area (TPSA) is 138 Å². The fraction of sp³-hybridized carbons (Fsp3) is 0.462. The Balaban J connectivity index is 1.11. The molecule has 2 aliphatic rings. The number of aromatic nitrogens is 3. The number of carbonyl (C=O) groups is 2. The van der Waals surface area contributed by atoms with E-state index in [-0.39, 0.29) is 18.3 Å². The monoisotopic (exact) mass is 744 g/mol. The SMILES string of the molecule is CCOc1cc(-c2ccc(N3CCC(COCCN4CCN(C(=O)OC(C)(C)C)CC4)(NC(=O)c4cc(F)ccc4F)CC3)nc2)c2c(C#N)cnn2c1. The number of rotatable bonds is 11. The van der Waals surface area contributed by atoms with Crippen molar-refractivity contribution in [1.82, 2.24) is 29.7 Å². The van der Waals surface area contributed by atoms with Gasteiger partial charge in [0.25, 0.3) is 5.91 Å². The van der Waals surface area contributed by atoms with Crippen LogP contribution in [0.1, 0.15) is 56.5 Å². The Kier molecular flexibility index (Phi) is 11.6. The quantitative estimate of drug-likeness (QED) is 0.202. The summed E-state index contributed by atoms with van der Waals surface area (Å²) >= 11 is 0. The number of benzene rings is 1. The smallest absolute Gasteiger partial charge is 0.410 e. The average Bonchev–Trinajstić information content (AvgIpc) is 3.57. The number of anilines is 1. The third-order valence-corrected chi connectivity index (χ3v) is 9.63. The molecule has 2 aliphatic heterocycles. The molecule has 2 fully saturated rings. The van der Waals surface area contributed by atoms with Crippen LogP contribution in [0.3, 0.4) is 0 Å². The summed E-state index contributed by atoms with van der Waals surface area (Å²) < 4.78 is 47.7. The summed E-state index contributed by atoms with van der Waals surface area (Å²) in [5, 5.41) is 17.0. The van der Waals surface area contributed by atoms with E-state index in [2.05, 4.69) is 26.3 Å². The van der Waals surface area contributed by atoms with Crippen molar-refractivity contribution in [2.24, 2.45) is 0 Å². The lowest BCUT2D eigenvalue weighted by atomic mass is 9.87. The summed E-state index contributed by atoms with van der Waals surface area (Å²) in [5.74, 6) is -0.869. The number of piperidine rings is 1. The van der Waals surface area contributed by atoms with Crippen LogP contribution in [-0.4, -0.2) is 113 Å². The Morgan fingerprint density at radius 3 is 2.44 bits per heavy atom. The predicted octanol–water partition coefficient (Wildman–Crippen LogP) is 5.28. The van der Waals surface area contributed by atoms with E-state index in [1.54, 1.807) is 21.8 Å². The summed E-state index contributed by atoms with van der Waals surface area (Å²) in [4.78, 5) is 36.6. The largest absolute Gasteiger partial charge is 0.492 e. The third kappa shape index (κ3) is 9.06. The zero-order chi connectivity index (χ0) is 38.5. The van der Waals surface area contributed by atoms with Crippen molar-refractivity contribution in [3.8, 4) is 22.9 Å². The maximum atomic E-state index is 14.6. The number of nitrogens with one attached hydrogen (secondary N) is 1. The molecule has 6 rings (SSSR count). The van der Waals surface area contributed by atoms with Gasteiger partial charge in [0, 0.05) is 63.1 Å². The van der Waals surface area contributed by atoms with Crippen molar-refractivity contribution in [1.29, 1.82) is 5.26 Å². The Hall–Kier alpha value is -5.33. The van der Waals surface area contributed by atoms with Crippen molar-refractivity contribution >= 4 is 23.3 Å². The lowest BCUT2D eigenvalue weighted by molar-refractivity contribution is 0.00748. The molecule has 0 saturated carbocycles.